The lowest BCUT2D eigenvalue weighted by Gasteiger charge is -2.23. The van der Waals surface area contributed by atoms with Gasteiger partial charge in [-0.1, -0.05) is 31.5 Å². The van der Waals surface area contributed by atoms with E-state index in [1.807, 2.05) is 0 Å². The van der Waals surface area contributed by atoms with Crippen LogP contribution in [0.3, 0.4) is 0 Å². The second kappa shape index (κ2) is 7.26. The summed E-state index contributed by atoms with van der Waals surface area (Å²) in [5, 5.41) is 3.13. The van der Waals surface area contributed by atoms with Crippen LogP contribution < -0.4 is 10.6 Å². The van der Waals surface area contributed by atoms with Gasteiger partial charge in [-0.2, -0.15) is 0 Å². The van der Waals surface area contributed by atoms with E-state index in [2.05, 4.69) is 52.5 Å². The number of hydrogen-bond acceptors (Lipinski definition) is 4. The number of aromatic nitrogens is 1. The highest BCUT2D eigenvalue weighted by Crippen LogP contribution is 2.18. The van der Waals surface area contributed by atoms with Gasteiger partial charge in [0.05, 0.1) is 12.2 Å². The largest absolute Gasteiger partial charge is 0.366 e. The molecular weight excluding hydrogens is 254 g/mol. The zero-order valence-corrected chi connectivity index (χ0v) is 12.2. The lowest BCUT2D eigenvalue weighted by molar-refractivity contribution is 0.708. The molecule has 0 fully saturated rings. The first kappa shape index (κ1) is 14.0. The summed E-state index contributed by atoms with van der Waals surface area (Å²) >= 11 is 1.65. The van der Waals surface area contributed by atoms with Crippen molar-refractivity contribution in [2.45, 2.75) is 32.9 Å². The molecule has 0 saturated carbocycles. The van der Waals surface area contributed by atoms with Crippen molar-refractivity contribution in [2.24, 2.45) is 5.73 Å². The molecule has 0 aliphatic heterocycles. The van der Waals surface area contributed by atoms with Gasteiger partial charge >= 0.3 is 0 Å². The summed E-state index contributed by atoms with van der Waals surface area (Å²) in [6.45, 7) is 4.68. The van der Waals surface area contributed by atoms with E-state index in [1.165, 1.54) is 18.5 Å². The maximum Gasteiger partial charge on any atom is 0.107 e. The van der Waals surface area contributed by atoms with E-state index in [9.17, 15) is 0 Å². The predicted octanol–water partition coefficient (Wildman–Crippen LogP) is 3.41. The van der Waals surface area contributed by atoms with E-state index < -0.39 is 0 Å². The van der Waals surface area contributed by atoms with Crippen molar-refractivity contribution in [2.75, 3.05) is 11.4 Å². The Hall–Kier alpha value is -1.39. The van der Waals surface area contributed by atoms with Gasteiger partial charge < -0.3 is 10.6 Å². The molecule has 19 heavy (non-hydrogen) atoms. The number of benzene rings is 1. The van der Waals surface area contributed by atoms with Crippen molar-refractivity contribution in [1.82, 2.24) is 4.98 Å². The lowest BCUT2D eigenvalue weighted by atomic mass is 10.2. The predicted molar refractivity (Wildman–Crippen MR) is 82.4 cm³/mol. The Balaban J connectivity index is 2.09. The van der Waals surface area contributed by atoms with Gasteiger partial charge in [-0.05, 0) is 18.6 Å². The molecule has 2 aromatic rings. The first-order chi connectivity index (χ1) is 9.33. The van der Waals surface area contributed by atoms with Crippen LogP contribution in [0, 0.1) is 0 Å². The Morgan fingerprint density at radius 1 is 1.26 bits per heavy atom. The van der Waals surface area contributed by atoms with Crippen LogP contribution in [-0.4, -0.2) is 11.5 Å². The summed E-state index contributed by atoms with van der Waals surface area (Å²) in [7, 11) is 0. The monoisotopic (exact) mass is 275 g/mol. The number of nitrogens with two attached hydrogens (primary N) is 1. The van der Waals surface area contributed by atoms with Crippen LogP contribution in [0.15, 0.2) is 35.7 Å². The normalized spacial score (nSPS) is 10.6. The molecule has 0 aliphatic rings. The van der Waals surface area contributed by atoms with Crippen LogP contribution in [0.1, 0.15) is 30.5 Å². The van der Waals surface area contributed by atoms with Crippen molar-refractivity contribution >= 4 is 17.0 Å². The minimum absolute atomic E-state index is 0.533. The minimum atomic E-state index is 0.533. The van der Waals surface area contributed by atoms with Gasteiger partial charge in [-0.15, -0.1) is 11.3 Å². The highest BCUT2D eigenvalue weighted by atomic mass is 32.1. The number of hydrogen-bond donors (Lipinski definition) is 1. The van der Waals surface area contributed by atoms with E-state index in [0.717, 1.165) is 23.8 Å². The molecule has 102 valence electrons. The van der Waals surface area contributed by atoms with Crippen molar-refractivity contribution < 1.29 is 0 Å². The number of anilines is 1. The number of nitrogens with zero attached hydrogens (tertiary/aromatic N) is 2. The molecule has 1 aromatic heterocycles. The molecule has 4 heteroatoms. The van der Waals surface area contributed by atoms with E-state index in [-0.39, 0.29) is 0 Å². The second-order valence-electron chi connectivity index (χ2n) is 4.55. The van der Waals surface area contributed by atoms with Crippen LogP contribution in [0.4, 0.5) is 5.69 Å². The number of thiazole rings is 1. The second-order valence-corrected chi connectivity index (χ2v) is 5.49. The molecule has 0 unspecified atom stereocenters. The summed E-state index contributed by atoms with van der Waals surface area (Å²) in [4.78, 5) is 6.94. The molecular formula is C15H21N3S. The number of rotatable bonds is 7. The lowest BCUT2D eigenvalue weighted by Crippen LogP contribution is -2.24. The smallest absolute Gasteiger partial charge is 0.107 e. The van der Waals surface area contributed by atoms with E-state index in [0.29, 0.717) is 6.54 Å². The van der Waals surface area contributed by atoms with Crippen LogP contribution >= 0.6 is 11.3 Å². The Kier molecular flexibility index (Phi) is 5.36. The Labute approximate surface area is 119 Å². The third-order valence-electron chi connectivity index (χ3n) is 3.03. The van der Waals surface area contributed by atoms with Crippen molar-refractivity contribution in [3.05, 3.63) is 46.4 Å². The van der Waals surface area contributed by atoms with Crippen LogP contribution in [-0.2, 0) is 13.1 Å². The summed E-state index contributed by atoms with van der Waals surface area (Å²) in [5.74, 6) is 0. The molecule has 1 heterocycles. The quantitative estimate of drug-likeness (QED) is 0.842. The SMILES string of the molecule is CCCCN(Cc1csc(CN)n1)c1ccccc1. The number of unbranched alkanes of at least 4 members (excludes halogenated alkanes) is 1. The van der Waals surface area contributed by atoms with Crippen molar-refractivity contribution in [3.63, 3.8) is 0 Å². The molecule has 3 nitrogen and oxygen atoms in total. The summed E-state index contributed by atoms with van der Waals surface area (Å²) in [6, 6.07) is 10.5. The third kappa shape index (κ3) is 4.04. The fourth-order valence-electron chi connectivity index (χ4n) is 2.00. The summed E-state index contributed by atoms with van der Waals surface area (Å²) in [5.41, 5.74) is 8.00. The maximum atomic E-state index is 5.62. The zero-order chi connectivity index (χ0) is 13.5. The highest BCUT2D eigenvalue weighted by molar-refractivity contribution is 7.09. The average Bonchev–Trinajstić information content (AvgIpc) is 2.92. The summed E-state index contributed by atoms with van der Waals surface area (Å²) < 4.78 is 0. The molecule has 2 rings (SSSR count). The fraction of sp³-hybridized carbons (Fsp3) is 0.400. The van der Waals surface area contributed by atoms with Crippen LogP contribution in [0.5, 0.6) is 0 Å². The molecule has 0 saturated heterocycles. The highest BCUT2D eigenvalue weighted by Gasteiger charge is 2.09. The Morgan fingerprint density at radius 3 is 2.68 bits per heavy atom. The van der Waals surface area contributed by atoms with Gasteiger partial charge in [0, 0.05) is 24.2 Å². The first-order valence-corrected chi connectivity index (χ1v) is 7.64. The average molecular weight is 275 g/mol. The van der Waals surface area contributed by atoms with E-state index >= 15 is 0 Å². The van der Waals surface area contributed by atoms with E-state index in [4.69, 9.17) is 5.73 Å². The Morgan fingerprint density at radius 2 is 2.05 bits per heavy atom. The molecule has 0 radical (unpaired) electrons. The van der Waals surface area contributed by atoms with Gasteiger partial charge in [-0.3, -0.25) is 0 Å². The summed E-state index contributed by atoms with van der Waals surface area (Å²) in [6.07, 6.45) is 2.40. The molecule has 0 bridgehead atoms. The molecule has 1 aromatic carbocycles. The Bertz CT molecular complexity index is 481. The van der Waals surface area contributed by atoms with Gasteiger partial charge in [0.25, 0.3) is 0 Å². The fourth-order valence-corrected chi connectivity index (χ4v) is 2.66. The van der Waals surface area contributed by atoms with Crippen molar-refractivity contribution in [1.29, 1.82) is 0 Å². The third-order valence-corrected chi connectivity index (χ3v) is 3.95. The van der Waals surface area contributed by atoms with Gasteiger partial charge in [0.15, 0.2) is 0 Å². The molecule has 0 atom stereocenters. The maximum absolute atomic E-state index is 5.62. The zero-order valence-electron chi connectivity index (χ0n) is 11.4. The molecule has 2 N–H and O–H groups in total. The van der Waals surface area contributed by atoms with Crippen LogP contribution in [0.2, 0.25) is 0 Å². The van der Waals surface area contributed by atoms with Crippen LogP contribution in [0.25, 0.3) is 0 Å². The topological polar surface area (TPSA) is 42.1 Å². The molecule has 0 spiro atoms. The van der Waals surface area contributed by atoms with Gasteiger partial charge in [0.1, 0.15) is 5.01 Å². The standard InChI is InChI=1S/C15H21N3S/c1-2-3-9-18(14-7-5-4-6-8-14)11-13-12-19-15(10-16)17-13/h4-8,12H,2-3,9-11,16H2,1H3. The van der Waals surface area contributed by atoms with Gasteiger partial charge in [0.2, 0.25) is 0 Å². The van der Waals surface area contributed by atoms with Crippen molar-refractivity contribution in [3.8, 4) is 0 Å². The number of para-hydroxylation sites is 1. The first-order valence-electron chi connectivity index (χ1n) is 6.76. The van der Waals surface area contributed by atoms with E-state index in [1.54, 1.807) is 11.3 Å². The van der Waals surface area contributed by atoms with Gasteiger partial charge in [-0.25, -0.2) is 4.98 Å². The molecule has 0 aliphatic carbocycles. The minimum Gasteiger partial charge on any atom is -0.366 e. The molecule has 0 amide bonds.